The van der Waals surface area contributed by atoms with E-state index in [9.17, 15) is 0 Å². The van der Waals surface area contributed by atoms with Crippen LogP contribution in [0.5, 0.6) is 0 Å². The zero-order valence-corrected chi connectivity index (χ0v) is 9.10. The summed E-state index contributed by atoms with van der Waals surface area (Å²) >= 11 is 2.33. The van der Waals surface area contributed by atoms with Crippen LogP contribution in [-0.4, -0.2) is 14.6 Å². The predicted octanol–water partition coefficient (Wildman–Crippen LogP) is 2.21. The number of fused-ring (bicyclic) bond motifs is 1. The molecule has 3 nitrogen and oxygen atoms in total. The Hall–Kier alpha value is -0.650. The third-order valence-electron chi connectivity index (χ3n) is 2.33. The standard InChI is InChI=1S/C9H8IN3/c10-9-8(6-3-4-6)12-7-2-1-5-11-13(7)9/h1-2,5-6H,3-4H2. The van der Waals surface area contributed by atoms with Crippen molar-refractivity contribution in [1.82, 2.24) is 14.6 Å². The lowest BCUT2D eigenvalue weighted by Crippen LogP contribution is -1.92. The Kier molecular flexibility index (Phi) is 1.59. The summed E-state index contributed by atoms with van der Waals surface area (Å²) in [5, 5.41) is 4.26. The number of nitrogens with zero attached hydrogens (tertiary/aromatic N) is 3. The molecule has 1 aliphatic rings. The molecule has 0 amide bonds. The molecule has 0 atom stereocenters. The van der Waals surface area contributed by atoms with Crippen LogP contribution in [0.15, 0.2) is 18.3 Å². The molecule has 0 spiro atoms. The largest absolute Gasteiger partial charge is 0.231 e. The average Bonchev–Trinajstić information content (AvgIpc) is 2.94. The van der Waals surface area contributed by atoms with Gasteiger partial charge in [0, 0.05) is 12.1 Å². The molecule has 0 unspecified atom stereocenters. The minimum absolute atomic E-state index is 0.702. The zero-order chi connectivity index (χ0) is 8.84. The van der Waals surface area contributed by atoms with Crippen LogP contribution in [-0.2, 0) is 0 Å². The molecule has 66 valence electrons. The molecule has 2 aromatic heterocycles. The molecule has 0 bridgehead atoms. The van der Waals surface area contributed by atoms with Crippen molar-refractivity contribution in [2.45, 2.75) is 18.8 Å². The maximum absolute atomic E-state index is 4.57. The Morgan fingerprint density at radius 2 is 2.31 bits per heavy atom. The van der Waals surface area contributed by atoms with E-state index in [2.05, 4.69) is 32.7 Å². The van der Waals surface area contributed by atoms with Gasteiger partial charge in [0.15, 0.2) is 5.65 Å². The van der Waals surface area contributed by atoms with Gasteiger partial charge in [-0.3, -0.25) is 0 Å². The SMILES string of the molecule is Ic1c(C2CC2)nc2cccnn12. The van der Waals surface area contributed by atoms with E-state index in [0.717, 1.165) is 5.65 Å². The van der Waals surface area contributed by atoms with Gasteiger partial charge in [-0.2, -0.15) is 5.10 Å². The van der Waals surface area contributed by atoms with Crippen molar-refractivity contribution in [3.05, 3.63) is 27.7 Å². The van der Waals surface area contributed by atoms with Crippen molar-refractivity contribution >= 4 is 28.2 Å². The lowest BCUT2D eigenvalue weighted by molar-refractivity contribution is 0.903. The van der Waals surface area contributed by atoms with Gasteiger partial charge in [-0.1, -0.05) is 0 Å². The first kappa shape index (κ1) is 7.73. The third kappa shape index (κ3) is 1.15. The van der Waals surface area contributed by atoms with E-state index in [-0.39, 0.29) is 0 Å². The van der Waals surface area contributed by atoms with Crippen LogP contribution in [0.25, 0.3) is 5.65 Å². The maximum Gasteiger partial charge on any atom is 0.155 e. The van der Waals surface area contributed by atoms with Crippen LogP contribution in [0, 0.1) is 3.70 Å². The number of hydrogen-bond donors (Lipinski definition) is 0. The summed E-state index contributed by atoms with van der Waals surface area (Å²) in [5.41, 5.74) is 2.20. The second-order valence-corrected chi connectivity index (χ2v) is 4.38. The number of rotatable bonds is 1. The predicted molar refractivity (Wildman–Crippen MR) is 57.7 cm³/mol. The van der Waals surface area contributed by atoms with Crippen molar-refractivity contribution in [1.29, 1.82) is 0 Å². The number of aromatic nitrogens is 3. The molecule has 0 radical (unpaired) electrons. The molecule has 0 saturated heterocycles. The first-order chi connectivity index (χ1) is 6.36. The van der Waals surface area contributed by atoms with Crippen LogP contribution in [0.4, 0.5) is 0 Å². The average molecular weight is 285 g/mol. The van der Waals surface area contributed by atoms with Crippen molar-refractivity contribution in [3.8, 4) is 0 Å². The van der Waals surface area contributed by atoms with E-state index >= 15 is 0 Å². The highest BCUT2D eigenvalue weighted by molar-refractivity contribution is 14.1. The molecule has 4 heteroatoms. The molecular formula is C9H8IN3. The molecule has 1 fully saturated rings. The summed E-state index contributed by atoms with van der Waals surface area (Å²) < 4.78 is 3.09. The minimum atomic E-state index is 0.702. The van der Waals surface area contributed by atoms with Crippen molar-refractivity contribution < 1.29 is 0 Å². The quantitative estimate of drug-likeness (QED) is 0.752. The van der Waals surface area contributed by atoms with Gasteiger partial charge in [-0.15, -0.1) is 0 Å². The van der Waals surface area contributed by atoms with E-state index in [0.29, 0.717) is 5.92 Å². The van der Waals surface area contributed by atoms with Crippen LogP contribution in [0.2, 0.25) is 0 Å². The Morgan fingerprint density at radius 3 is 3.00 bits per heavy atom. The molecular weight excluding hydrogens is 277 g/mol. The molecule has 2 heterocycles. The van der Waals surface area contributed by atoms with Crippen molar-refractivity contribution in [2.24, 2.45) is 0 Å². The Morgan fingerprint density at radius 1 is 1.46 bits per heavy atom. The van der Waals surface area contributed by atoms with Gasteiger partial charge < -0.3 is 0 Å². The second kappa shape index (κ2) is 2.67. The summed E-state index contributed by atoms with van der Waals surface area (Å²) in [5.74, 6) is 0.702. The maximum atomic E-state index is 4.57. The molecule has 0 aromatic carbocycles. The normalized spacial score (nSPS) is 16.7. The van der Waals surface area contributed by atoms with Gasteiger partial charge in [-0.05, 0) is 47.6 Å². The monoisotopic (exact) mass is 285 g/mol. The highest BCUT2D eigenvalue weighted by Crippen LogP contribution is 2.41. The molecule has 0 aliphatic heterocycles. The van der Waals surface area contributed by atoms with Gasteiger partial charge in [0.05, 0.1) is 5.69 Å². The Balaban J connectivity index is 2.30. The van der Waals surface area contributed by atoms with E-state index in [4.69, 9.17) is 0 Å². The highest BCUT2D eigenvalue weighted by atomic mass is 127. The summed E-state index contributed by atoms with van der Waals surface area (Å²) in [6.07, 6.45) is 4.38. The first-order valence-electron chi connectivity index (χ1n) is 4.35. The summed E-state index contributed by atoms with van der Waals surface area (Å²) in [6.45, 7) is 0. The fourth-order valence-corrected chi connectivity index (χ4v) is 2.43. The third-order valence-corrected chi connectivity index (χ3v) is 3.34. The van der Waals surface area contributed by atoms with Gasteiger partial charge >= 0.3 is 0 Å². The van der Waals surface area contributed by atoms with E-state index < -0.39 is 0 Å². The van der Waals surface area contributed by atoms with E-state index in [1.165, 1.54) is 22.2 Å². The van der Waals surface area contributed by atoms with Gasteiger partial charge in [0.25, 0.3) is 0 Å². The Labute approximate surface area is 89.3 Å². The highest BCUT2D eigenvalue weighted by Gasteiger charge is 2.29. The fraction of sp³-hybridized carbons (Fsp3) is 0.333. The summed E-state index contributed by atoms with van der Waals surface area (Å²) in [6, 6.07) is 3.93. The molecule has 3 rings (SSSR count). The van der Waals surface area contributed by atoms with Crippen LogP contribution in [0.3, 0.4) is 0 Å². The second-order valence-electron chi connectivity index (χ2n) is 3.36. The van der Waals surface area contributed by atoms with Gasteiger partial charge in [0.1, 0.15) is 3.70 Å². The smallest absolute Gasteiger partial charge is 0.155 e. The van der Waals surface area contributed by atoms with Crippen LogP contribution < -0.4 is 0 Å². The van der Waals surface area contributed by atoms with Crippen molar-refractivity contribution in [3.63, 3.8) is 0 Å². The van der Waals surface area contributed by atoms with E-state index in [1.54, 1.807) is 6.20 Å². The van der Waals surface area contributed by atoms with E-state index in [1.807, 2.05) is 16.6 Å². The van der Waals surface area contributed by atoms with Crippen LogP contribution in [0.1, 0.15) is 24.5 Å². The molecule has 2 aromatic rings. The van der Waals surface area contributed by atoms with Gasteiger partial charge in [-0.25, -0.2) is 9.50 Å². The van der Waals surface area contributed by atoms with Crippen molar-refractivity contribution in [2.75, 3.05) is 0 Å². The fourth-order valence-electron chi connectivity index (χ4n) is 1.49. The lowest BCUT2D eigenvalue weighted by Gasteiger charge is -1.91. The number of hydrogen-bond acceptors (Lipinski definition) is 2. The summed E-state index contributed by atoms with van der Waals surface area (Å²) in [7, 11) is 0. The zero-order valence-electron chi connectivity index (χ0n) is 6.94. The lowest BCUT2D eigenvalue weighted by atomic mass is 10.3. The molecule has 0 N–H and O–H groups in total. The first-order valence-corrected chi connectivity index (χ1v) is 5.43. The number of halogens is 1. The van der Waals surface area contributed by atoms with Gasteiger partial charge in [0.2, 0.25) is 0 Å². The summed E-state index contributed by atoms with van der Waals surface area (Å²) in [4.78, 5) is 4.57. The number of imidazole rings is 1. The van der Waals surface area contributed by atoms with Crippen LogP contribution >= 0.6 is 22.6 Å². The molecule has 1 aliphatic carbocycles. The Bertz CT molecular complexity index is 459. The minimum Gasteiger partial charge on any atom is -0.231 e. The topological polar surface area (TPSA) is 30.2 Å². The molecule has 13 heavy (non-hydrogen) atoms. The molecule has 1 saturated carbocycles.